The maximum atomic E-state index is 9.93. The second kappa shape index (κ2) is 1.95. The van der Waals surface area contributed by atoms with Crippen LogP contribution in [-0.4, -0.2) is 23.7 Å². The van der Waals surface area contributed by atoms with Crippen LogP contribution in [0.5, 0.6) is 0 Å². The summed E-state index contributed by atoms with van der Waals surface area (Å²) < 4.78 is 4.99. The molecule has 0 aromatic heterocycles. The summed E-state index contributed by atoms with van der Waals surface area (Å²) in [5.74, 6) is 0. The summed E-state index contributed by atoms with van der Waals surface area (Å²) in [6.45, 7) is 2.37. The minimum absolute atomic E-state index is 0.0625. The van der Waals surface area contributed by atoms with Crippen molar-refractivity contribution in [2.75, 3.05) is 13.2 Å². The van der Waals surface area contributed by atoms with Gasteiger partial charge in [0.2, 0.25) is 6.54 Å². The lowest BCUT2D eigenvalue weighted by Gasteiger charge is -2.34. The average Bonchev–Trinajstić information content (AvgIpc) is 1.60. The SMILES string of the molecule is CC1(C[N+](=O)[O-])CCO1. The summed E-state index contributed by atoms with van der Waals surface area (Å²) in [6.07, 6.45) is 0.813. The van der Waals surface area contributed by atoms with Crippen LogP contribution in [0.3, 0.4) is 0 Å². The van der Waals surface area contributed by atoms with Gasteiger partial charge in [0.25, 0.3) is 0 Å². The molecule has 0 N–H and O–H groups in total. The number of nitrogens with zero attached hydrogens (tertiary/aromatic N) is 1. The minimum Gasteiger partial charge on any atom is -0.368 e. The lowest BCUT2D eigenvalue weighted by molar-refractivity contribution is -0.508. The van der Waals surface area contributed by atoms with E-state index in [1.807, 2.05) is 0 Å². The summed E-state index contributed by atoms with van der Waals surface area (Å²) in [6, 6.07) is 0. The van der Waals surface area contributed by atoms with E-state index in [2.05, 4.69) is 0 Å². The van der Waals surface area contributed by atoms with E-state index in [1.165, 1.54) is 0 Å². The first kappa shape index (κ1) is 6.48. The van der Waals surface area contributed by atoms with Crippen LogP contribution < -0.4 is 0 Å². The van der Waals surface area contributed by atoms with Crippen LogP contribution >= 0.6 is 0 Å². The lowest BCUT2D eigenvalue weighted by atomic mass is 9.98. The monoisotopic (exact) mass is 131 g/mol. The quantitative estimate of drug-likeness (QED) is 0.403. The van der Waals surface area contributed by atoms with Crippen molar-refractivity contribution in [3.8, 4) is 0 Å². The Morgan fingerprint density at radius 3 is 2.56 bits per heavy atom. The third-order valence-corrected chi connectivity index (χ3v) is 1.54. The smallest absolute Gasteiger partial charge is 0.232 e. The number of hydrogen-bond acceptors (Lipinski definition) is 3. The van der Waals surface area contributed by atoms with E-state index in [1.54, 1.807) is 6.92 Å². The molecule has 0 radical (unpaired) electrons. The molecule has 1 saturated heterocycles. The van der Waals surface area contributed by atoms with Gasteiger partial charge in [0.05, 0.1) is 6.61 Å². The number of ether oxygens (including phenoxy) is 1. The van der Waals surface area contributed by atoms with Gasteiger partial charge in [-0.05, 0) is 6.92 Å². The van der Waals surface area contributed by atoms with Gasteiger partial charge in [-0.25, -0.2) is 0 Å². The van der Waals surface area contributed by atoms with Crippen molar-refractivity contribution in [1.29, 1.82) is 0 Å². The molecule has 0 aliphatic carbocycles. The van der Waals surface area contributed by atoms with Crippen molar-refractivity contribution in [3.05, 3.63) is 10.1 Å². The molecule has 4 heteroatoms. The lowest BCUT2D eigenvalue weighted by Crippen LogP contribution is -2.46. The van der Waals surface area contributed by atoms with E-state index in [4.69, 9.17) is 4.74 Å². The van der Waals surface area contributed by atoms with Crippen molar-refractivity contribution in [3.63, 3.8) is 0 Å². The molecule has 0 bridgehead atoms. The van der Waals surface area contributed by atoms with Crippen molar-refractivity contribution in [2.45, 2.75) is 18.9 Å². The van der Waals surface area contributed by atoms with Crippen molar-refractivity contribution < 1.29 is 9.66 Å². The van der Waals surface area contributed by atoms with Gasteiger partial charge in [-0.15, -0.1) is 0 Å². The van der Waals surface area contributed by atoms with Crippen LogP contribution in [0.4, 0.5) is 0 Å². The molecule has 1 fully saturated rings. The fraction of sp³-hybridized carbons (Fsp3) is 1.00. The number of nitro groups is 1. The second-order valence-electron chi connectivity index (χ2n) is 2.54. The summed E-state index contributed by atoms with van der Waals surface area (Å²) in [5.41, 5.74) is -0.455. The molecule has 1 aliphatic heterocycles. The molecule has 52 valence electrons. The Bertz CT molecular complexity index is 130. The molecular weight excluding hydrogens is 122 g/mol. The zero-order valence-electron chi connectivity index (χ0n) is 5.29. The molecule has 0 spiro atoms. The molecule has 1 aliphatic rings. The molecule has 1 rings (SSSR count). The largest absolute Gasteiger partial charge is 0.368 e. The first-order chi connectivity index (χ1) is 4.12. The number of rotatable bonds is 2. The highest BCUT2D eigenvalue weighted by Gasteiger charge is 2.38. The Kier molecular flexibility index (Phi) is 1.40. The summed E-state index contributed by atoms with van der Waals surface area (Å²) in [5, 5.41) is 9.93. The topological polar surface area (TPSA) is 52.4 Å². The standard InChI is InChI=1S/C5H9NO3/c1-5(2-3-9-5)4-6(7)8/h2-4H2,1H3. The molecule has 0 amide bonds. The Morgan fingerprint density at radius 1 is 1.89 bits per heavy atom. The van der Waals surface area contributed by atoms with Crippen molar-refractivity contribution in [2.24, 2.45) is 0 Å². The predicted octanol–water partition coefficient (Wildman–Crippen LogP) is 0.442. The van der Waals surface area contributed by atoms with Gasteiger partial charge >= 0.3 is 0 Å². The Balaban J connectivity index is 2.33. The van der Waals surface area contributed by atoms with E-state index in [0.29, 0.717) is 6.61 Å². The fourth-order valence-corrected chi connectivity index (χ4v) is 0.848. The molecule has 0 saturated carbocycles. The van der Waals surface area contributed by atoms with Crippen LogP contribution in [0, 0.1) is 10.1 Å². The highest BCUT2D eigenvalue weighted by Crippen LogP contribution is 2.24. The van der Waals surface area contributed by atoms with E-state index < -0.39 is 5.60 Å². The highest BCUT2D eigenvalue weighted by atomic mass is 16.6. The van der Waals surface area contributed by atoms with E-state index >= 15 is 0 Å². The molecule has 1 heterocycles. The Hall–Kier alpha value is -0.640. The van der Waals surface area contributed by atoms with Crippen molar-refractivity contribution in [1.82, 2.24) is 0 Å². The van der Waals surface area contributed by atoms with Crippen LogP contribution in [0.25, 0.3) is 0 Å². The van der Waals surface area contributed by atoms with Gasteiger partial charge in [0.1, 0.15) is 5.60 Å². The first-order valence-electron chi connectivity index (χ1n) is 2.88. The maximum absolute atomic E-state index is 9.93. The summed E-state index contributed by atoms with van der Waals surface area (Å²) >= 11 is 0. The summed E-state index contributed by atoms with van der Waals surface area (Å²) in [4.78, 5) is 9.60. The fourth-order valence-electron chi connectivity index (χ4n) is 0.848. The third-order valence-electron chi connectivity index (χ3n) is 1.54. The van der Waals surface area contributed by atoms with Gasteiger partial charge in [-0.3, -0.25) is 10.1 Å². The predicted molar refractivity (Wildman–Crippen MR) is 30.8 cm³/mol. The van der Waals surface area contributed by atoms with Gasteiger partial charge < -0.3 is 4.74 Å². The van der Waals surface area contributed by atoms with Gasteiger partial charge in [0, 0.05) is 11.3 Å². The van der Waals surface area contributed by atoms with Crippen LogP contribution in [0.15, 0.2) is 0 Å². The van der Waals surface area contributed by atoms with Crippen LogP contribution in [0.2, 0.25) is 0 Å². The van der Waals surface area contributed by atoms with Crippen molar-refractivity contribution >= 4 is 0 Å². The van der Waals surface area contributed by atoms with E-state index in [-0.39, 0.29) is 11.5 Å². The maximum Gasteiger partial charge on any atom is 0.232 e. The first-order valence-corrected chi connectivity index (χ1v) is 2.88. The molecule has 4 nitrogen and oxygen atoms in total. The van der Waals surface area contributed by atoms with Crippen LogP contribution in [-0.2, 0) is 4.74 Å². The molecule has 1 atom stereocenters. The van der Waals surface area contributed by atoms with Gasteiger partial charge in [0.15, 0.2) is 0 Å². The number of hydrogen-bond donors (Lipinski definition) is 0. The third kappa shape index (κ3) is 1.38. The minimum atomic E-state index is -0.455. The average molecular weight is 131 g/mol. The molecule has 0 aromatic carbocycles. The van der Waals surface area contributed by atoms with Gasteiger partial charge in [-0.1, -0.05) is 0 Å². The van der Waals surface area contributed by atoms with E-state index in [9.17, 15) is 10.1 Å². The zero-order valence-corrected chi connectivity index (χ0v) is 5.29. The van der Waals surface area contributed by atoms with E-state index in [0.717, 1.165) is 6.42 Å². The Morgan fingerprint density at radius 2 is 2.44 bits per heavy atom. The Labute approximate surface area is 53.0 Å². The zero-order chi connectivity index (χ0) is 6.91. The summed E-state index contributed by atoms with van der Waals surface area (Å²) in [7, 11) is 0. The normalized spacial score (nSPS) is 33.4. The molecular formula is C5H9NO3. The molecule has 1 unspecified atom stereocenters. The molecule has 0 aromatic rings. The van der Waals surface area contributed by atoms with Gasteiger partial charge in [-0.2, -0.15) is 0 Å². The van der Waals surface area contributed by atoms with Crippen LogP contribution in [0.1, 0.15) is 13.3 Å². The molecule has 9 heavy (non-hydrogen) atoms. The highest BCUT2D eigenvalue weighted by molar-refractivity contribution is 4.81. The second-order valence-corrected chi connectivity index (χ2v) is 2.54.